The average molecular weight is 643 g/mol. The number of unbranched alkanes of at least 4 members (excludes halogenated alkanes) is 15. The molecule has 0 aromatic carbocycles. The lowest BCUT2D eigenvalue weighted by molar-refractivity contribution is -0.161. The third-order valence-electron chi connectivity index (χ3n) is 7.80. The van der Waals surface area contributed by atoms with E-state index in [2.05, 4.69) is 74.6 Å². The maximum atomic E-state index is 12.1. The van der Waals surface area contributed by atoms with Gasteiger partial charge < -0.3 is 14.6 Å². The van der Waals surface area contributed by atoms with Crippen molar-refractivity contribution < 1.29 is 24.2 Å². The molecule has 0 unspecified atom stereocenters. The van der Waals surface area contributed by atoms with Crippen LogP contribution in [0.15, 0.2) is 60.8 Å². The van der Waals surface area contributed by atoms with Gasteiger partial charge in [-0.25, -0.2) is 0 Å². The maximum absolute atomic E-state index is 12.1. The van der Waals surface area contributed by atoms with Crippen LogP contribution in [0.3, 0.4) is 0 Å². The molecule has 0 aromatic rings. The largest absolute Gasteiger partial charge is 0.462 e. The Hall–Kier alpha value is -2.40. The Morgan fingerprint density at radius 2 is 0.935 bits per heavy atom. The summed E-state index contributed by atoms with van der Waals surface area (Å²) in [4.78, 5) is 24.2. The Kier molecular flexibility index (Phi) is 35.1. The second kappa shape index (κ2) is 37.1. The maximum Gasteiger partial charge on any atom is 0.306 e. The molecule has 0 saturated heterocycles. The Balaban J connectivity index is 3.64. The van der Waals surface area contributed by atoms with Crippen LogP contribution < -0.4 is 0 Å². The van der Waals surface area contributed by atoms with Gasteiger partial charge in [0.15, 0.2) is 6.10 Å². The topological polar surface area (TPSA) is 72.8 Å². The van der Waals surface area contributed by atoms with E-state index in [1.165, 1.54) is 64.2 Å². The molecule has 5 heteroatoms. The van der Waals surface area contributed by atoms with E-state index < -0.39 is 6.10 Å². The molecule has 0 spiro atoms. The van der Waals surface area contributed by atoms with Crippen molar-refractivity contribution >= 4 is 11.9 Å². The number of rotatable bonds is 33. The number of esters is 2. The summed E-state index contributed by atoms with van der Waals surface area (Å²) in [5, 5.41) is 9.54. The second-order valence-electron chi connectivity index (χ2n) is 12.3. The van der Waals surface area contributed by atoms with Crippen LogP contribution in [0.2, 0.25) is 0 Å². The molecule has 0 fully saturated rings. The smallest absolute Gasteiger partial charge is 0.306 e. The predicted octanol–water partition coefficient (Wildman–Crippen LogP) is 11.6. The number of ether oxygens (including phenoxy) is 2. The van der Waals surface area contributed by atoms with Crippen LogP contribution in [0.5, 0.6) is 0 Å². The average Bonchev–Trinajstić information content (AvgIpc) is 3.06. The molecule has 0 saturated carbocycles. The lowest BCUT2D eigenvalue weighted by Gasteiger charge is -2.15. The van der Waals surface area contributed by atoms with Crippen LogP contribution in [-0.4, -0.2) is 36.4 Å². The molecule has 1 N–H and O–H groups in total. The van der Waals surface area contributed by atoms with Gasteiger partial charge in [-0.05, 0) is 77.0 Å². The van der Waals surface area contributed by atoms with Gasteiger partial charge in [0.05, 0.1) is 6.61 Å². The minimum atomic E-state index is -0.784. The molecule has 0 aliphatic heterocycles. The van der Waals surface area contributed by atoms with Crippen molar-refractivity contribution in [3.63, 3.8) is 0 Å². The van der Waals surface area contributed by atoms with Gasteiger partial charge in [-0.1, -0.05) is 139 Å². The molecule has 5 nitrogen and oxygen atoms in total. The van der Waals surface area contributed by atoms with Crippen LogP contribution in [-0.2, 0) is 19.1 Å². The molecule has 0 bridgehead atoms. The van der Waals surface area contributed by atoms with Crippen LogP contribution in [0, 0.1) is 0 Å². The predicted molar refractivity (Wildman–Crippen MR) is 196 cm³/mol. The summed E-state index contributed by atoms with van der Waals surface area (Å²) in [6.45, 7) is 3.97. The van der Waals surface area contributed by atoms with Crippen LogP contribution in [0.25, 0.3) is 0 Å². The standard InChI is InChI=1S/C41H70O5/c1-3-5-7-9-11-13-15-17-19-20-22-23-25-27-29-31-33-35-40(43)45-38-39(37-42)46-41(44)36-34-32-30-28-26-24-21-18-16-14-12-10-8-6-4-2/h5,7,11,13-14,16-17,19,22-23,39,42H,3-4,6,8-10,12,15,18,20-21,24-38H2,1-2H3/b7-5-,13-11-,16-14-,19-17-,23-22-/t39-/m0/s1. The minimum Gasteiger partial charge on any atom is -0.462 e. The number of hydrogen-bond acceptors (Lipinski definition) is 5. The fraction of sp³-hybridized carbons (Fsp3) is 0.707. The molecule has 46 heavy (non-hydrogen) atoms. The summed E-state index contributed by atoms with van der Waals surface area (Å²) in [5.41, 5.74) is 0. The summed E-state index contributed by atoms with van der Waals surface area (Å²) in [5.74, 6) is -0.628. The van der Waals surface area contributed by atoms with Gasteiger partial charge in [-0.3, -0.25) is 9.59 Å². The number of carbonyl (C=O) groups is 2. The molecule has 0 heterocycles. The monoisotopic (exact) mass is 643 g/mol. The number of carbonyl (C=O) groups excluding carboxylic acids is 2. The fourth-order valence-corrected chi connectivity index (χ4v) is 4.95. The van der Waals surface area contributed by atoms with E-state index in [4.69, 9.17) is 9.47 Å². The van der Waals surface area contributed by atoms with Crippen LogP contribution in [0.4, 0.5) is 0 Å². The first-order valence-corrected chi connectivity index (χ1v) is 18.8. The van der Waals surface area contributed by atoms with E-state index in [1.807, 2.05) is 0 Å². The number of aliphatic hydroxyl groups excluding tert-OH is 1. The van der Waals surface area contributed by atoms with Gasteiger partial charge in [0.25, 0.3) is 0 Å². The normalized spacial score (nSPS) is 12.8. The van der Waals surface area contributed by atoms with Gasteiger partial charge >= 0.3 is 11.9 Å². The molecule has 0 aliphatic rings. The number of hydrogen-bond donors (Lipinski definition) is 1. The lowest BCUT2D eigenvalue weighted by atomic mass is 10.1. The Bertz CT molecular complexity index is 823. The molecule has 0 rings (SSSR count). The van der Waals surface area contributed by atoms with Gasteiger partial charge in [-0.2, -0.15) is 0 Å². The van der Waals surface area contributed by atoms with Crippen molar-refractivity contribution in [2.75, 3.05) is 13.2 Å². The first kappa shape index (κ1) is 43.6. The Morgan fingerprint density at radius 3 is 1.43 bits per heavy atom. The first-order valence-electron chi connectivity index (χ1n) is 18.8. The SMILES string of the molecule is CC/C=C\C/C=C\C/C=C\C/C=C\CCCCCCC(=O)OC[C@H](CO)OC(=O)CCCCCCCCC/C=C\CCCCCC. The van der Waals surface area contributed by atoms with Crippen LogP contribution in [0.1, 0.15) is 168 Å². The van der Waals surface area contributed by atoms with E-state index in [1.54, 1.807) is 0 Å². The summed E-state index contributed by atoms with van der Waals surface area (Å²) in [7, 11) is 0. The summed E-state index contributed by atoms with van der Waals surface area (Å²) in [6.07, 6.45) is 47.0. The zero-order chi connectivity index (χ0) is 33.6. The Labute approximate surface area is 283 Å². The Morgan fingerprint density at radius 1 is 0.522 bits per heavy atom. The molecule has 264 valence electrons. The molecule has 0 aromatic heterocycles. The quantitative estimate of drug-likeness (QED) is 0.0438. The second-order valence-corrected chi connectivity index (χ2v) is 12.3. The first-order chi connectivity index (χ1) is 22.6. The highest BCUT2D eigenvalue weighted by molar-refractivity contribution is 5.70. The van der Waals surface area contributed by atoms with Crippen molar-refractivity contribution in [1.82, 2.24) is 0 Å². The van der Waals surface area contributed by atoms with Crippen molar-refractivity contribution in [2.45, 2.75) is 174 Å². The summed E-state index contributed by atoms with van der Waals surface area (Å²) < 4.78 is 10.6. The molecule has 0 aliphatic carbocycles. The molecular formula is C41H70O5. The molecule has 0 amide bonds. The van der Waals surface area contributed by atoms with Crippen LogP contribution >= 0.6 is 0 Å². The van der Waals surface area contributed by atoms with E-state index >= 15 is 0 Å². The molecule has 1 atom stereocenters. The summed E-state index contributed by atoms with van der Waals surface area (Å²) >= 11 is 0. The highest BCUT2D eigenvalue weighted by Crippen LogP contribution is 2.12. The number of aliphatic hydroxyl groups is 1. The van der Waals surface area contributed by atoms with Gasteiger partial charge in [0, 0.05) is 12.8 Å². The van der Waals surface area contributed by atoms with E-state index in [0.717, 1.165) is 77.0 Å². The lowest BCUT2D eigenvalue weighted by Crippen LogP contribution is -2.28. The van der Waals surface area contributed by atoms with E-state index in [-0.39, 0.29) is 25.2 Å². The van der Waals surface area contributed by atoms with E-state index in [0.29, 0.717) is 12.8 Å². The zero-order valence-corrected chi connectivity index (χ0v) is 29.8. The molecule has 0 radical (unpaired) electrons. The van der Waals surface area contributed by atoms with Crippen molar-refractivity contribution in [3.05, 3.63) is 60.8 Å². The van der Waals surface area contributed by atoms with Crippen molar-refractivity contribution in [3.8, 4) is 0 Å². The van der Waals surface area contributed by atoms with Crippen molar-refractivity contribution in [2.24, 2.45) is 0 Å². The van der Waals surface area contributed by atoms with Gasteiger partial charge in [-0.15, -0.1) is 0 Å². The van der Waals surface area contributed by atoms with Crippen molar-refractivity contribution in [1.29, 1.82) is 0 Å². The third-order valence-corrected chi connectivity index (χ3v) is 7.80. The minimum absolute atomic E-state index is 0.0824. The fourth-order valence-electron chi connectivity index (χ4n) is 4.95. The number of allylic oxidation sites excluding steroid dienone is 10. The van der Waals surface area contributed by atoms with E-state index in [9.17, 15) is 14.7 Å². The third kappa shape index (κ3) is 34.5. The van der Waals surface area contributed by atoms with Gasteiger partial charge in [0.1, 0.15) is 6.61 Å². The summed E-state index contributed by atoms with van der Waals surface area (Å²) in [6, 6.07) is 0. The zero-order valence-electron chi connectivity index (χ0n) is 29.8. The van der Waals surface area contributed by atoms with Gasteiger partial charge in [0.2, 0.25) is 0 Å². The highest BCUT2D eigenvalue weighted by atomic mass is 16.6. The molecular weight excluding hydrogens is 572 g/mol. The highest BCUT2D eigenvalue weighted by Gasteiger charge is 2.16.